The van der Waals surface area contributed by atoms with Crippen LogP contribution in [-0.2, 0) is 11.3 Å². The highest BCUT2D eigenvalue weighted by molar-refractivity contribution is 5.88. The smallest absolute Gasteiger partial charge is 0.251 e. The zero-order valence-corrected chi connectivity index (χ0v) is 16.5. The first kappa shape index (κ1) is 19.6. The van der Waals surface area contributed by atoms with Crippen molar-refractivity contribution in [2.24, 2.45) is 0 Å². The normalized spacial score (nSPS) is 22.6. The van der Waals surface area contributed by atoms with Crippen LogP contribution in [0, 0.1) is 0 Å². The van der Waals surface area contributed by atoms with Gasteiger partial charge in [-0.25, -0.2) is 4.98 Å². The van der Waals surface area contributed by atoms with Crippen LogP contribution < -0.4 is 10.9 Å². The number of nitrogens with one attached hydrogen (secondary N) is 2. The molecule has 0 radical (unpaired) electrons. The first-order valence-electron chi connectivity index (χ1n) is 9.82. The molecule has 0 aliphatic carbocycles. The van der Waals surface area contributed by atoms with Crippen molar-refractivity contribution in [2.45, 2.75) is 25.0 Å². The predicted octanol–water partition coefficient (Wildman–Crippen LogP) is 1.99. The number of aliphatic hydroxyl groups excluding tert-OH is 1. The highest BCUT2D eigenvalue weighted by atomic mass is 16.5. The minimum Gasteiger partial charge on any atom is -0.394 e. The molecular weight excluding hydrogens is 368 g/mol. The standard InChI is InChI=1S/C22H26N4O3/c1-16-12-29-15-22(14-27,26(16)11-17-6-3-2-4-7-17)13-24-19-10-20(28)25-21-18(19)8-5-9-23-21/h2-10,16,27H,11-15H2,1H3,(H2,23,24,25,28)/t16-,22+/m1/s1. The number of aromatic amines is 1. The van der Waals surface area contributed by atoms with E-state index in [0.29, 0.717) is 37.6 Å². The number of ether oxygens (including phenoxy) is 1. The fraction of sp³-hybridized carbons (Fsp3) is 0.364. The highest BCUT2D eigenvalue weighted by Gasteiger charge is 2.42. The number of morpholine rings is 1. The number of pyridine rings is 2. The third kappa shape index (κ3) is 4.03. The van der Waals surface area contributed by atoms with Crippen molar-refractivity contribution in [2.75, 3.05) is 31.7 Å². The van der Waals surface area contributed by atoms with Crippen LogP contribution in [0.3, 0.4) is 0 Å². The molecule has 29 heavy (non-hydrogen) atoms. The third-order valence-electron chi connectivity index (χ3n) is 5.58. The van der Waals surface area contributed by atoms with Gasteiger partial charge in [-0.05, 0) is 24.6 Å². The van der Waals surface area contributed by atoms with Crippen molar-refractivity contribution in [3.05, 3.63) is 70.6 Å². The van der Waals surface area contributed by atoms with Crippen molar-refractivity contribution in [3.63, 3.8) is 0 Å². The van der Waals surface area contributed by atoms with Gasteiger partial charge in [0.1, 0.15) is 5.65 Å². The summed E-state index contributed by atoms with van der Waals surface area (Å²) in [5.74, 6) is 0. The molecule has 1 aliphatic heterocycles. The van der Waals surface area contributed by atoms with E-state index in [1.165, 1.54) is 11.6 Å². The Labute approximate surface area is 169 Å². The van der Waals surface area contributed by atoms with Gasteiger partial charge in [0.2, 0.25) is 0 Å². The molecule has 3 N–H and O–H groups in total. The van der Waals surface area contributed by atoms with Crippen molar-refractivity contribution in [1.29, 1.82) is 0 Å². The number of benzene rings is 1. The van der Waals surface area contributed by atoms with Gasteiger partial charge in [-0.2, -0.15) is 0 Å². The van der Waals surface area contributed by atoms with Crippen molar-refractivity contribution in [3.8, 4) is 0 Å². The minimum absolute atomic E-state index is 0.0590. The predicted molar refractivity (Wildman–Crippen MR) is 113 cm³/mol. The van der Waals surface area contributed by atoms with Gasteiger partial charge in [-0.3, -0.25) is 9.69 Å². The van der Waals surface area contributed by atoms with Crippen LogP contribution in [0.5, 0.6) is 0 Å². The lowest BCUT2D eigenvalue weighted by Gasteiger charge is -2.49. The molecule has 2 aromatic heterocycles. The van der Waals surface area contributed by atoms with Crippen LogP contribution in [-0.4, -0.2) is 57.9 Å². The lowest BCUT2D eigenvalue weighted by Crippen LogP contribution is -2.65. The van der Waals surface area contributed by atoms with Gasteiger partial charge in [0, 0.05) is 36.8 Å². The number of hydrogen-bond donors (Lipinski definition) is 3. The number of H-pyrrole nitrogens is 1. The van der Waals surface area contributed by atoms with E-state index in [4.69, 9.17) is 4.74 Å². The first-order valence-corrected chi connectivity index (χ1v) is 9.82. The first-order chi connectivity index (χ1) is 14.1. The summed E-state index contributed by atoms with van der Waals surface area (Å²) in [6.07, 6.45) is 1.65. The van der Waals surface area contributed by atoms with Crippen LogP contribution in [0.4, 0.5) is 5.69 Å². The highest BCUT2D eigenvalue weighted by Crippen LogP contribution is 2.28. The summed E-state index contributed by atoms with van der Waals surface area (Å²) in [7, 11) is 0. The molecule has 0 saturated carbocycles. The van der Waals surface area contributed by atoms with Gasteiger partial charge in [0.15, 0.2) is 0 Å². The molecule has 7 nitrogen and oxygen atoms in total. The van der Waals surface area contributed by atoms with E-state index in [1.807, 2.05) is 30.3 Å². The van der Waals surface area contributed by atoms with E-state index in [2.05, 4.69) is 39.2 Å². The maximum atomic E-state index is 12.0. The second-order valence-corrected chi connectivity index (χ2v) is 7.66. The quantitative estimate of drug-likeness (QED) is 0.592. The molecule has 1 saturated heterocycles. The van der Waals surface area contributed by atoms with Gasteiger partial charge < -0.3 is 20.1 Å². The molecule has 0 bridgehead atoms. The van der Waals surface area contributed by atoms with Gasteiger partial charge in [-0.15, -0.1) is 0 Å². The van der Waals surface area contributed by atoms with Crippen LogP contribution >= 0.6 is 0 Å². The van der Waals surface area contributed by atoms with E-state index >= 15 is 0 Å². The SMILES string of the molecule is C[C@@H]1COC[C@@](CO)(CNc2cc(=O)[nH]c3ncccc23)N1Cc1ccccc1. The Bertz CT molecular complexity index is 1020. The number of fused-ring (bicyclic) bond motifs is 1. The largest absolute Gasteiger partial charge is 0.394 e. The van der Waals surface area contributed by atoms with Crippen molar-refractivity contribution < 1.29 is 9.84 Å². The Morgan fingerprint density at radius 2 is 2.14 bits per heavy atom. The number of rotatable bonds is 6. The van der Waals surface area contributed by atoms with Gasteiger partial charge in [-0.1, -0.05) is 30.3 Å². The summed E-state index contributed by atoms with van der Waals surface area (Å²) in [4.78, 5) is 21.3. The number of nitrogens with zero attached hydrogens (tertiary/aromatic N) is 2. The van der Waals surface area contributed by atoms with Gasteiger partial charge in [0.05, 0.1) is 31.0 Å². The van der Waals surface area contributed by atoms with Gasteiger partial charge >= 0.3 is 0 Å². The topological polar surface area (TPSA) is 90.5 Å². The Morgan fingerprint density at radius 3 is 2.93 bits per heavy atom. The fourth-order valence-corrected chi connectivity index (χ4v) is 4.00. The van der Waals surface area contributed by atoms with Crippen LogP contribution in [0.2, 0.25) is 0 Å². The molecule has 1 aliphatic rings. The summed E-state index contributed by atoms with van der Waals surface area (Å²) < 4.78 is 5.83. The molecule has 152 valence electrons. The fourth-order valence-electron chi connectivity index (χ4n) is 4.00. The van der Waals surface area contributed by atoms with Crippen molar-refractivity contribution >= 4 is 16.7 Å². The Hall–Kier alpha value is -2.74. The molecule has 4 rings (SSSR count). The van der Waals surface area contributed by atoms with E-state index in [-0.39, 0.29) is 18.2 Å². The molecule has 0 spiro atoms. The summed E-state index contributed by atoms with van der Waals surface area (Å²) in [5, 5.41) is 14.6. The molecule has 2 atom stereocenters. The lowest BCUT2D eigenvalue weighted by molar-refractivity contribution is -0.117. The minimum atomic E-state index is -0.607. The molecule has 3 aromatic rings. The monoisotopic (exact) mass is 394 g/mol. The summed E-state index contributed by atoms with van der Waals surface area (Å²) in [5.41, 5.74) is 1.60. The number of aliphatic hydroxyl groups is 1. The van der Waals surface area contributed by atoms with Crippen molar-refractivity contribution in [1.82, 2.24) is 14.9 Å². The van der Waals surface area contributed by atoms with Gasteiger partial charge in [0.25, 0.3) is 5.56 Å². The Morgan fingerprint density at radius 1 is 1.31 bits per heavy atom. The Balaban J connectivity index is 1.63. The molecule has 7 heteroatoms. The Kier molecular flexibility index (Phi) is 5.62. The lowest BCUT2D eigenvalue weighted by atomic mass is 9.93. The summed E-state index contributed by atoms with van der Waals surface area (Å²) in [6, 6.07) is 15.7. The van der Waals surface area contributed by atoms with E-state index in [9.17, 15) is 9.90 Å². The number of hydrogen-bond acceptors (Lipinski definition) is 6. The van der Waals surface area contributed by atoms with Crippen LogP contribution in [0.25, 0.3) is 11.0 Å². The molecular formula is C22H26N4O3. The second kappa shape index (κ2) is 8.32. The van der Waals surface area contributed by atoms with Crippen LogP contribution in [0.15, 0.2) is 59.5 Å². The average Bonchev–Trinajstić information content (AvgIpc) is 2.75. The molecule has 1 aromatic carbocycles. The zero-order valence-electron chi connectivity index (χ0n) is 16.5. The third-order valence-corrected chi connectivity index (χ3v) is 5.58. The number of aromatic nitrogens is 2. The summed E-state index contributed by atoms with van der Waals surface area (Å²) >= 11 is 0. The van der Waals surface area contributed by atoms with Crippen LogP contribution in [0.1, 0.15) is 12.5 Å². The average molecular weight is 394 g/mol. The molecule has 0 unspecified atom stereocenters. The second-order valence-electron chi connectivity index (χ2n) is 7.66. The summed E-state index contributed by atoms with van der Waals surface area (Å²) in [6.45, 7) is 4.23. The van der Waals surface area contributed by atoms with E-state index < -0.39 is 5.54 Å². The molecule has 3 heterocycles. The maximum Gasteiger partial charge on any atom is 0.251 e. The van der Waals surface area contributed by atoms with E-state index in [1.54, 1.807) is 6.20 Å². The molecule has 1 fully saturated rings. The van der Waals surface area contributed by atoms with E-state index in [0.717, 1.165) is 5.39 Å². The molecule has 0 amide bonds. The number of anilines is 1. The maximum absolute atomic E-state index is 12.0. The zero-order chi connectivity index (χ0) is 20.3.